The molecule has 0 fully saturated rings. The SMILES string of the molecule is CCOc1nc2c(OC)cccc2c2c1C=CC(c1ccccc1)(c1ccccc1)O2. The molecule has 2 heterocycles. The first-order chi connectivity index (χ1) is 15.3. The first kappa shape index (κ1) is 19.2. The van der Waals surface area contributed by atoms with Crippen molar-refractivity contribution in [2.75, 3.05) is 13.7 Å². The van der Waals surface area contributed by atoms with Gasteiger partial charge in [0, 0.05) is 16.5 Å². The van der Waals surface area contributed by atoms with E-state index in [1.807, 2.05) is 61.5 Å². The van der Waals surface area contributed by atoms with Crippen LogP contribution in [0.2, 0.25) is 0 Å². The highest BCUT2D eigenvalue weighted by atomic mass is 16.5. The molecule has 5 rings (SSSR count). The van der Waals surface area contributed by atoms with Crippen LogP contribution < -0.4 is 14.2 Å². The summed E-state index contributed by atoms with van der Waals surface area (Å²) in [5, 5.41) is 0.887. The van der Waals surface area contributed by atoms with Crippen molar-refractivity contribution in [3.8, 4) is 17.4 Å². The first-order valence-electron chi connectivity index (χ1n) is 10.4. The molecule has 0 bridgehead atoms. The van der Waals surface area contributed by atoms with Gasteiger partial charge in [-0.25, -0.2) is 4.98 Å². The Kier molecular flexibility index (Phi) is 4.83. The van der Waals surface area contributed by atoms with Gasteiger partial charge in [-0.05, 0) is 31.2 Å². The third-order valence-corrected chi connectivity index (χ3v) is 5.59. The molecule has 31 heavy (non-hydrogen) atoms. The molecule has 0 unspecified atom stereocenters. The fraction of sp³-hybridized carbons (Fsp3) is 0.148. The third-order valence-electron chi connectivity index (χ3n) is 5.59. The number of ether oxygens (including phenoxy) is 3. The van der Waals surface area contributed by atoms with Crippen molar-refractivity contribution in [1.29, 1.82) is 0 Å². The Bertz CT molecular complexity index is 1210. The summed E-state index contributed by atoms with van der Waals surface area (Å²) >= 11 is 0. The van der Waals surface area contributed by atoms with Crippen LogP contribution in [0.4, 0.5) is 0 Å². The highest BCUT2D eigenvalue weighted by Crippen LogP contribution is 2.48. The van der Waals surface area contributed by atoms with Crippen LogP contribution in [0.5, 0.6) is 17.4 Å². The average Bonchev–Trinajstić information content (AvgIpc) is 2.84. The van der Waals surface area contributed by atoms with Gasteiger partial charge in [-0.3, -0.25) is 0 Å². The molecule has 0 aliphatic carbocycles. The summed E-state index contributed by atoms with van der Waals surface area (Å²) in [5.74, 6) is 1.97. The number of rotatable bonds is 5. The van der Waals surface area contributed by atoms with Crippen LogP contribution in [0.15, 0.2) is 84.9 Å². The summed E-state index contributed by atoms with van der Waals surface area (Å²) in [7, 11) is 1.65. The number of benzene rings is 3. The zero-order chi connectivity index (χ0) is 21.3. The van der Waals surface area contributed by atoms with Gasteiger partial charge in [0.1, 0.15) is 17.0 Å². The summed E-state index contributed by atoms with van der Waals surface area (Å²) in [6.07, 6.45) is 4.16. The van der Waals surface area contributed by atoms with E-state index in [4.69, 9.17) is 19.2 Å². The van der Waals surface area contributed by atoms with Gasteiger partial charge < -0.3 is 14.2 Å². The second-order valence-corrected chi connectivity index (χ2v) is 7.35. The number of aromatic nitrogens is 1. The molecule has 4 heteroatoms. The van der Waals surface area contributed by atoms with Crippen molar-refractivity contribution in [1.82, 2.24) is 4.98 Å². The monoisotopic (exact) mass is 409 g/mol. The van der Waals surface area contributed by atoms with Crippen LogP contribution in [0, 0.1) is 0 Å². The Morgan fingerprint density at radius 1 is 0.871 bits per heavy atom. The molecule has 1 aromatic heterocycles. The Balaban J connectivity index is 1.81. The number of hydrogen-bond donors (Lipinski definition) is 0. The number of nitrogens with zero attached hydrogens (tertiary/aromatic N) is 1. The second-order valence-electron chi connectivity index (χ2n) is 7.35. The van der Waals surface area contributed by atoms with Crippen LogP contribution in [-0.2, 0) is 5.60 Å². The van der Waals surface area contributed by atoms with Crippen molar-refractivity contribution in [3.63, 3.8) is 0 Å². The van der Waals surface area contributed by atoms with Gasteiger partial charge in [0.15, 0.2) is 5.60 Å². The van der Waals surface area contributed by atoms with E-state index in [9.17, 15) is 0 Å². The van der Waals surface area contributed by atoms with E-state index in [2.05, 4.69) is 36.4 Å². The normalized spacial score (nSPS) is 14.0. The molecular weight excluding hydrogens is 386 g/mol. The van der Waals surface area contributed by atoms with E-state index in [-0.39, 0.29) is 0 Å². The first-order valence-corrected chi connectivity index (χ1v) is 10.4. The van der Waals surface area contributed by atoms with Gasteiger partial charge >= 0.3 is 0 Å². The number of pyridine rings is 1. The van der Waals surface area contributed by atoms with E-state index >= 15 is 0 Å². The summed E-state index contributed by atoms with van der Waals surface area (Å²) in [6.45, 7) is 2.46. The van der Waals surface area contributed by atoms with Gasteiger partial charge in [0.2, 0.25) is 5.88 Å². The largest absolute Gasteiger partial charge is 0.494 e. The minimum absolute atomic E-state index is 0.510. The highest BCUT2D eigenvalue weighted by Gasteiger charge is 2.38. The summed E-state index contributed by atoms with van der Waals surface area (Å²) in [6, 6.07) is 26.4. The topological polar surface area (TPSA) is 40.6 Å². The predicted molar refractivity (Wildman–Crippen MR) is 123 cm³/mol. The highest BCUT2D eigenvalue weighted by molar-refractivity contribution is 5.95. The lowest BCUT2D eigenvalue weighted by atomic mass is 9.83. The van der Waals surface area contributed by atoms with Crippen molar-refractivity contribution < 1.29 is 14.2 Å². The smallest absolute Gasteiger partial charge is 0.225 e. The van der Waals surface area contributed by atoms with Crippen LogP contribution in [0.25, 0.3) is 17.0 Å². The van der Waals surface area contributed by atoms with Crippen molar-refractivity contribution in [2.45, 2.75) is 12.5 Å². The van der Waals surface area contributed by atoms with Gasteiger partial charge in [-0.15, -0.1) is 0 Å². The molecule has 3 aromatic carbocycles. The molecule has 1 aliphatic rings. The maximum Gasteiger partial charge on any atom is 0.225 e. The minimum Gasteiger partial charge on any atom is -0.494 e. The fourth-order valence-corrected chi connectivity index (χ4v) is 4.14. The molecule has 0 spiro atoms. The lowest BCUT2D eigenvalue weighted by Crippen LogP contribution is -2.34. The van der Waals surface area contributed by atoms with E-state index in [1.165, 1.54) is 0 Å². The Labute approximate surface area is 181 Å². The molecular formula is C27H23NO3. The number of hydrogen-bond acceptors (Lipinski definition) is 4. The number of para-hydroxylation sites is 1. The van der Waals surface area contributed by atoms with E-state index in [1.54, 1.807) is 7.11 Å². The van der Waals surface area contributed by atoms with Crippen molar-refractivity contribution >= 4 is 17.0 Å². The Morgan fingerprint density at radius 2 is 1.55 bits per heavy atom. The minimum atomic E-state index is -0.767. The zero-order valence-corrected chi connectivity index (χ0v) is 17.5. The van der Waals surface area contributed by atoms with Crippen molar-refractivity contribution in [2.24, 2.45) is 0 Å². The van der Waals surface area contributed by atoms with Crippen LogP contribution in [0.1, 0.15) is 23.6 Å². The van der Waals surface area contributed by atoms with Gasteiger partial charge in [0.25, 0.3) is 0 Å². The Morgan fingerprint density at radius 3 is 2.16 bits per heavy atom. The maximum atomic E-state index is 6.93. The van der Waals surface area contributed by atoms with Crippen LogP contribution in [0.3, 0.4) is 0 Å². The van der Waals surface area contributed by atoms with Gasteiger partial charge in [-0.1, -0.05) is 66.7 Å². The van der Waals surface area contributed by atoms with Crippen molar-refractivity contribution in [3.05, 3.63) is 102 Å². The molecule has 154 valence electrons. The van der Waals surface area contributed by atoms with E-state index in [0.717, 1.165) is 33.3 Å². The quantitative estimate of drug-likeness (QED) is 0.406. The molecule has 1 aliphatic heterocycles. The summed E-state index contributed by atoms with van der Waals surface area (Å²) in [4.78, 5) is 4.76. The molecule has 0 saturated carbocycles. The average molecular weight is 409 g/mol. The van der Waals surface area contributed by atoms with Gasteiger partial charge in [-0.2, -0.15) is 0 Å². The zero-order valence-electron chi connectivity index (χ0n) is 17.5. The molecule has 0 N–H and O–H groups in total. The Hall–Kier alpha value is -3.79. The third kappa shape index (κ3) is 3.12. The predicted octanol–water partition coefficient (Wildman–Crippen LogP) is 5.99. The van der Waals surface area contributed by atoms with Gasteiger partial charge in [0.05, 0.1) is 19.3 Å². The standard InChI is InChI=1S/C27H23NO3/c1-3-30-26-22-17-18-27(19-11-6-4-7-12-19,20-13-8-5-9-14-20)31-25(22)21-15-10-16-23(29-2)24(21)28-26/h4-18H,3H2,1-2H3. The molecule has 0 atom stereocenters. The van der Waals surface area contributed by atoms with E-state index < -0.39 is 5.60 Å². The molecule has 4 nitrogen and oxygen atoms in total. The molecule has 4 aromatic rings. The molecule has 0 radical (unpaired) electrons. The molecule has 0 saturated heterocycles. The van der Waals surface area contributed by atoms with Crippen LogP contribution in [-0.4, -0.2) is 18.7 Å². The summed E-state index contributed by atoms with van der Waals surface area (Å²) in [5.41, 5.74) is 2.89. The number of methoxy groups -OCH3 is 1. The maximum absolute atomic E-state index is 6.93. The molecule has 0 amide bonds. The lowest BCUT2D eigenvalue weighted by Gasteiger charge is -2.36. The van der Waals surface area contributed by atoms with E-state index in [0.29, 0.717) is 18.2 Å². The number of fused-ring (bicyclic) bond motifs is 3. The fourth-order valence-electron chi connectivity index (χ4n) is 4.14. The summed E-state index contributed by atoms with van der Waals surface area (Å²) < 4.78 is 18.4. The second kappa shape index (κ2) is 7.80. The lowest BCUT2D eigenvalue weighted by molar-refractivity contribution is 0.162. The van der Waals surface area contributed by atoms with Crippen LogP contribution >= 0.6 is 0 Å².